The molecule has 78 valence electrons. The van der Waals surface area contributed by atoms with Crippen molar-refractivity contribution in [3.63, 3.8) is 0 Å². The van der Waals surface area contributed by atoms with Crippen LogP contribution >= 0.6 is 11.8 Å². The summed E-state index contributed by atoms with van der Waals surface area (Å²) in [5.74, 6) is 3.63. The van der Waals surface area contributed by atoms with Gasteiger partial charge < -0.3 is 10.3 Å². The molecule has 0 spiro atoms. The minimum atomic E-state index is 0.912. The van der Waals surface area contributed by atoms with Crippen molar-refractivity contribution in [3.05, 3.63) is 24.0 Å². The predicted molar refractivity (Wildman–Crippen MR) is 62.5 cm³/mol. The van der Waals surface area contributed by atoms with E-state index in [9.17, 15) is 0 Å². The lowest BCUT2D eigenvalue weighted by Crippen LogP contribution is -2.25. The van der Waals surface area contributed by atoms with E-state index in [4.69, 9.17) is 0 Å². The first-order valence-corrected chi connectivity index (χ1v) is 6.51. The van der Waals surface area contributed by atoms with Gasteiger partial charge in [-0.1, -0.05) is 0 Å². The first kappa shape index (κ1) is 10.1. The summed E-state index contributed by atoms with van der Waals surface area (Å²) in [5, 5.41) is 3.53. The molecular formula is C11H18N2S. The van der Waals surface area contributed by atoms with Crippen LogP contribution in [0.3, 0.4) is 0 Å². The number of thioether (sulfide) groups is 1. The minimum Gasteiger partial charge on any atom is -0.367 e. The van der Waals surface area contributed by atoms with E-state index in [1.54, 1.807) is 0 Å². The molecule has 1 saturated heterocycles. The Morgan fingerprint density at radius 1 is 1.43 bits per heavy atom. The average Bonchev–Trinajstić information content (AvgIpc) is 2.72. The zero-order chi connectivity index (χ0) is 9.64. The second-order valence-electron chi connectivity index (χ2n) is 3.91. The summed E-state index contributed by atoms with van der Waals surface area (Å²) >= 11 is 2.10. The van der Waals surface area contributed by atoms with Crippen LogP contribution in [0.5, 0.6) is 0 Å². The number of hydrogen-bond acceptors (Lipinski definition) is 2. The molecule has 2 nitrogen and oxygen atoms in total. The zero-order valence-electron chi connectivity index (χ0n) is 8.46. The molecule has 0 atom stereocenters. The van der Waals surface area contributed by atoms with Gasteiger partial charge in [-0.25, -0.2) is 0 Å². The smallest absolute Gasteiger partial charge is 0.0220 e. The quantitative estimate of drug-likeness (QED) is 0.797. The Labute approximate surface area is 89.9 Å². The third kappa shape index (κ3) is 3.07. The van der Waals surface area contributed by atoms with Crippen molar-refractivity contribution in [2.75, 3.05) is 18.1 Å². The minimum absolute atomic E-state index is 0.912. The Morgan fingerprint density at radius 2 is 2.29 bits per heavy atom. The zero-order valence-corrected chi connectivity index (χ0v) is 9.28. The van der Waals surface area contributed by atoms with Crippen LogP contribution in [0.25, 0.3) is 0 Å². The van der Waals surface area contributed by atoms with Gasteiger partial charge >= 0.3 is 0 Å². The monoisotopic (exact) mass is 210 g/mol. The lowest BCUT2D eigenvalue weighted by Gasteiger charge is -2.21. The van der Waals surface area contributed by atoms with E-state index < -0.39 is 0 Å². The molecule has 0 aliphatic carbocycles. The molecular weight excluding hydrogens is 192 g/mol. The summed E-state index contributed by atoms with van der Waals surface area (Å²) < 4.78 is 0. The van der Waals surface area contributed by atoms with Crippen molar-refractivity contribution < 1.29 is 0 Å². The van der Waals surface area contributed by atoms with Crippen molar-refractivity contribution in [2.24, 2.45) is 5.92 Å². The first-order chi connectivity index (χ1) is 6.95. The van der Waals surface area contributed by atoms with E-state index in [0.29, 0.717) is 0 Å². The summed E-state index contributed by atoms with van der Waals surface area (Å²) in [6, 6.07) is 2.13. The molecule has 0 saturated carbocycles. The van der Waals surface area contributed by atoms with Crippen LogP contribution in [-0.2, 0) is 6.54 Å². The van der Waals surface area contributed by atoms with Gasteiger partial charge in [-0.15, -0.1) is 0 Å². The van der Waals surface area contributed by atoms with Crippen LogP contribution in [0.2, 0.25) is 0 Å². The molecule has 0 unspecified atom stereocenters. The Hall–Kier alpha value is -0.410. The van der Waals surface area contributed by atoms with Crippen LogP contribution in [0.4, 0.5) is 0 Å². The lowest BCUT2D eigenvalue weighted by molar-refractivity contribution is 0.448. The van der Waals surface area contributed by atoms with E-state index in [1.165, 1.54) is 36.5 Å². The Bertz CT molecular complexity index is 240. The number of aromatic amines is 1. The van der Waals surface area contributed by atoms with Gasteiger partial charge in [0.2, 0.25) is 0 Å². The van der Waals surface area contributed by atoms with Crippen molar-refractivity contribution >= 4 is 11.8 Å². The van der Waals surface area contributed by atoms with Gasteiger partial charge in [0.15, 0.2) is 0 Å². The largest absolute Gasteiger partial charge is 0.367 e. The van der Waals surface area contributed by atoms with Crippen LogP contribution in [0, 0.1) is 5.92 Å². The summed E-state index contributed by atoms with van der Waals surface area (Å²) in [7, 11) is 0. The van der Waals surface area contributed by atoms with E-state index >= 15 is 0 Å². The molecule has 0 amide bonds. The maximum Gasteiger partial charge on any atom is 0.0220 e. The number of H-pyrrole nitrogens is 1. The van der Waals surface area contributed by atoms with Crippen LogP contribution < -0.4 is 5.32 Å². The third-order valence-electron chi connectivity index (χ3n) is 2.77. The number of rotatable bonds is 4. The standard InChI is InChI=1S/C11H18N2S/c1-4-12-8-11(1)9-13-7-10-2-5-14-6-3-10/h1,4,8,10,12-13H,2-3,5-7,9H2. The molecule has 1 aliphatic rings. The Balaban J connectivity index is 1.62. The summed E-state index contributed by atoms with van der Waals surface area (Å²) in [5.41, 5.74) is 1.36. The SMILES string of the molecule is c1cc(CNCC2CCSCC2)c[nH]1. The fraction of sp³-hybridized carbons (Fsp3) is 0.636. The van der Waals surface area contributed by atoms with Gasteiger partial charge in [0.25, 0.3) is 0 Å². The fourth-order valence-electron chi connectivity index (χ4n) is 1.84. The lowest BCUT2D eigenvalue weighted by atomic mass is 10.0. The normalized spacial score (nSPS) is 18.6. The topological polar surface area (TPSA) is 27.8 Å². The molecule has 2 N–H and O–H groups in total. The van der Waals surface area contributed by atoms with E-state index in [-0.39, 0.29) is 0 Å². The Kier molecular flexibility index (Phi) is 3.95. The van der Waals surface area contributed by atoms with E-state index in [0.717, 1.165) is 12.5 Å². The number of nitrogens with one attached hydrogen (secondary N) is 2. The Morgan fingerprint density at radius 3 is 3.00 bits per heavy atom. The summed E-state index contributed by atoms with van der Waals surface area (Å²) in [6.45, 7) is 2.19. The number of aromatic nitrogens is 1. The molecule has 1 fully saturated rings. The highest BCUT2D eigenvalue weighted by atomic mass is 32.2. The van der Waals surface area contributed by atoms with Crippen LogP contribution in [0.15, 0.2) is 18.5 Å². The van der Waals surface area contributed by atoms with Gasteiger partial charge in [0, 0.05) is 18.9 Å². The van der Waals surface area contributed by atoms with Crippen molar-refractivity contribution in [1.82, 2.24) is 10.3 Å². The van der Waals surface area contributed by atoms with E-state index in [2.05, 4.69) is 34.3 Å². The molecule has 2 rings (SSSR count). The molecule has 0 bridgehead atoms. The predicted octanol–water partition coefficient (Wildman–Crippen LogP) is 2.25. The second-order valence-corrected chi connectivity index (χ2v) is 5.13. The molecule has 1 aromatic rings. The summed E-state index contributed by atoms with van der Waals surface area (Å²) in [4.78, 5) is 3.07. The van der Waals surface area contributed by atoms with Crippen LogP contribution in [-0.4, -0.2) is 23.0 Å². The third-order valence-corrected chi connectivity index (χ3v) is 3.81. The first-order valence-electron chi connectivity index (χ1n) is 5.35. The molecule has 0 radical (unpaired) electrons. The van der Waals surface area contributed by atoms with Crippen molar-refractivity contribution in [1.29, 1.82) is 0 Å². The van der Waals surface area contributed by atoms with Gasteiger partial charge in [0.05, 0.1) is 0 Å². The molecule has 0 aromatic carbocycles. The fourth-order valence-corrected chi connectivity index (χ4v) is 3.04. The van der Waals surface area contributed by atoms with E-state index in [1.807, 2.05) is 6.20 Å². The van der Waals surface area contributed by atoms with Gasteiger partial charge in [-0.05, 0) is 48.4 Å². The van der Waals surface area contributed by atoms with Crippen molar-refractivity contribution in [3.8, 4) is 0 Å². The van der Waals surface area contributed by atoms with Gasteiger partial charge in [-0.2, -0.15) is 11.8 Å². The highest BCUT2D eigenvalue weighted by molar-refractivity contribution is 7.99. The maximum absolute atomic E-state index is 3.53. The van der Waals surface area contributed by atoms with Crippen LogP contribution in [0.1, 0.15) is 18.4 Å². The molecule has 3 heteroatoms. The molecule has 1 aromatic heterocycles. The van der Waals surface area contributed by atoms with Crippen molar-refractivity contribution in [2.45, 2.75) is 19.4 Å². The second kappa shape index (κ2) is 5.47. The summed E-state index contributed by atoms with van der Waals surface area (Å²) in [6.07, 6.45) is 6.83. The highest BCUT2D eigenvalue weighted by Gasteiger charge is 2.12. The average molecular weight is 210 g/mol. The molecule has 14 heavy (non-hydrogen) atoms. The van der Waals surface area contributed by atoms with Gasteiger partial charge in [0.1, 0.15) is 0 Å². The molecule has 2 heterocycles. The van der Waals surface area contributed by atoms with Gasteiger partial charge in [-0.3, -0.25) is 0 Å². The number of hydrogen-bond donors (Lipinski definition) is 2. The highest BCUT2D eigenvalue weighted by Crippen LogP contribution is 2.21. The maximum atomic E-state index is 3.53. The molecule has 1 aliphatic heterocycles.